The van der Waals surface area contributed by atoms with Crippen LogP contribution in [-0.2, 0) is 4.57 Å². The average Bonchev–Trinajstić information content (AvgIpc) is 2.40. The molecule has 2 rings (SSSR count). The van der Waals surface area contributed by atoms with Crippen LogP contribution in [-0.4, -0.2) is 4.89 Å². The highest BCUT2D eigenvalue weighted by molar-refractivity contribution is 7.58. The van der Waals surface area contributed by atoms with Gasteiger partial charge in [0.15, 0.2) is 0 Å². The van der Waals surface area contributed by atoms with Gasteiger partial charge in [-0.1, -0.05) is 48.5 Å². The molecule has 0 saturated carbocycles. The molecule has 0 spiro atoms. The number of hydrogen-bond acceptors (Lipinski definition) is 2. The Balaban J connectivity index is 2.20. The van der Waals surface area contributed by atoms with Gasteiger partial charge in [0.2, 0.25) is 0 Å². The minimum Gasteiger partial charge on any atom is -0.422 e. The summed E-state index contributed by atoms with van der Waals surface area (Å²) in [6, 6.07) is 18.0. The molecular weight excluding hydrogens is 259 g/mol. The molecule has 0 fully saturated rings. The Morgan fingerprint density at radius 3 is 2.16 bits per heavy atom. The molecule has 98 valence electrons. The standard InChI is InChI=1S/C15H15O3P/c1-13(12-14-8-4-2-5-9-14)19(16,17)18-15-10-6-3-7-11-15/h2-12H,1H3,(H,16,17)/b13-12+. The molecule has 4 heteroatoms. The zero-order chi connectivity index (χ0) is 13.7. The Morgan fingerprint density at radius 2 is 1.58 bits per heavy atom. The van der Waals surface area contributed by atoms with Crippen LogP contribution in [0.1, 0.15) is 12.5 Å². The summed E-state index contributed by atoms with van der Waals surface area (Å²) in [6.07, 6.45) is 1.66. The fraction of sp³-hybridized carbons (Fsp3) is 0.0667. The highest BCUT2D eigenvalue weighted by Gasteiger charge is 2.23. The van der Waals surface area contributed by atoms with Crippen molar-refractivity contribution in [3.63, 3.8) is 0 Å². The predicted molar refractivity (Wildman–Crippen MR) is 77.0 cm³/mol. The van der Waals surface area contributed by atoms with Crippen molar-refractivity contribution in [2.24, 2.45) is 0 Å². The van der Waals surface area contributed by atoms with E-state index in [1.54, 1.807) is 37.3 Å². The zero-order valence-electron chi connectivity index (χ0n) is 10.6. The van der Waals surface area contributed by atoms with Crippen molar-refractivity contribution < 1.29 is 14.0 Å². The molecule has 0 heterocycles. The third-order valence-electron chi connectivity index (χ3n) is 2.59. The molecule has 0 aliphatic heterocycles. The number of benzene rings is 2. The van der Waals surface area contributed by atoms with E-state index in [4.69, 9.17) is 4.52 Å². The molecule has 3 nitrogen and oxygen atoms in total. The second kappa shape index (κ2) is 5.87. The van der Waals surface area contributed by atoms with Crippen molar-refractivity contribution in [1.29, 1.82) is 0 Å². The molecule has 0 aliphatic carbocycles. The van der Waals surface area contributed by atoms with Gasteiger partial charge in [0.25, 0.3) is 0 Å². The lowest BCUT2D eigenvalue weighted by Crippen LogP contribution is -1.93. The van der Waals surface area contributed by atoms with Crippen molar-refractivity contribution in [1.82, 2.24) is 0 Å². The fourth-order valence-electron chi connectivity index (χ4n) is 1.57. The Morgan fingerprint density at radius 1 is 1.05 bits per heavy atom. The number of para-hydroxylation sites is 1. The predicted octanol–water partition coefficient (Wildman–Crippen LogP) is 4.31. The monoisotopic (exact) mass is 274 g/mol. The summed E-state index contributed by atoms with van der Waals surface area (Å²) in [7, 11) is -3.81. The fourth-order valence-corrected chi connectivity index (χ4v) is 2.43. The molecule has 1 unspecified atom stereocenters. The summed E-state index contributed by atoms with van der Waals surface area (Å²) in [5, 5.41) is 0.308. The van der Waals surface area contributed by atoms with Crippen LogP contribution < -0.4 is 4.52 Å². The molecule has 0 bridgehead atoms. The van der Waals surface area contributed by atoms with Gasteiger partial charge in [-0.05, 0) is 30.7 Å². The summed E-state index contributed by atoms with van der Waals surface area (Å²) in [4.78, 5) is 9.96. The van der Waals surface area contributed by atoms with Crippen LogP contribution in [0.5, 0.6) is 5.75 Å². The molecule has 0 aliphatic rings. The molecule has 0 aromatic heterocycles. The Kier molecular flexibility index (Phi) is 4.20. The summed E-state index contributed by atoms with van der Waals surface area (Å²) in [5.41, 5.74) is 0.867. The first-order valence-corrected chi connectivity index (χ1v) is 7.47. The number of rotatable bonds is 4. The van der Waals surface area contributed by atoms with Crippen LogP contribution in [0.2, 0.25) is 0 Å². The summed E-state index contributed by atoms with van der Waals surface area (Å²) in [5.74, 6) is 0.383. The molecule has 2 aromatic carbocycles. The van der Waals surface area contributed by atoms with Gasteiger partial charge < -0.3 is 9.42 Å². The van der Waals surface area contributed by atoms with E-state index in [1.165, 1.54) is 0 Å². The van der Waals surface area contributed by atoms with Gasteiger partial charge in [0.1, 0.15) is 5.75 Å². The van der Waals surface area contributed by atoms with E-state index in [9.17, 15) is 9.46 Å². The van der Waals surface area contributed by atoms with Gasteiger partial charge in [0.05, 0.1) is 5.31 Å². The minimum atomic E-state index is -3.81. The van der Waals surface area contributed by atoms with E-state index in [1.807, 2.05) is 36.4 Å². The normalized spacial score (nSPS) is 14.7. The van der Waals surface area contributed by atoms with Crippen molar-refractivity contribution in [2.45, 2.75) is 6.92 Å². The van der Waals surface area contributed by atoms with E-state index >= 15 is 0 Å². The van der Waals surface area contributed by atoms with Crippen molar-refractivity contribution >= 4 is 13.7 Å². The van der Waals surface area contributed by atoms with Gasteiger partial charge in [-0.2, -0.15) is 0 Å². The van der Waals surface area contributed by atoms with E-state index in [0.29, 0.717) is 11.1 Å². The largest absolute Gasteiger partial charge is 0.422 e. The van der Waals surface area contributed by atoms with Crippen molar-refractivity contribution in [3.8, 4) is 5.75 Å². The molecular formula is C15H15O3P. The third-order valence-corrected chi connectivity index (χ3v) is 4.07. The molecule has 2 aromatic rings. The van der Waals surface area contributed by atoms with Crippen LogP contribution in [0.3, 0.4) is 0 Å². The molecule has 0 saturated heterocycles. The van der Waals surface area contributed by atoms with Crippen LogP contribution in [0, 0.1) is 0 Å². The van der Waals surface area contributed by atoms with Crippen LogP contribution >= 0.6 is 7.60 Å². The first-order chi connectivity index (χ1) is 9.08. The average molecular weight is 274 g/mol. The van der Waals surface area contributed by atoms with Crippen molar-refractivity contribution in [2.75, 3.05) is 0 Å². The Labute approximate surface area is 112 Å². The van der Waals surface area contributed by atoms with E-state index in [2.05, 4.69) is 0 Å². The van der Waals surface area contributed by atoms with E-state index < -0.39 is 7.60 Å². The highest BCUT2D eigenvalue weighted by Crippen LogP contribution is 2.50. The zero-order valence-corrected chi connectivity index (χ0v) is 11.5. The molecule has 1 atom stereocenters. The van der Waals surface area contributed by atoms with Gasteiger partial charge in [-0.25, -0.2) is 4.57 Å². The summed E-state index contributed by atoms with van der Waals surface area (Å²) in [6.45, 7) is 1.59. The third kappa shape index (κ3) is 3.82. The SMILES string of the molecule is C/C(=C\c1ccccc1)P(=O)(O)Oc1ccccc1. The second-order valence-electron chi connectivity index (χ2n) is 4.12. The quantitative estimate of drug-likeness (QED) is 0.845. The first kappa shape index (κ1) is 13.6. The maximum absolute atomic E-state index is 12.2. The number of allylic oxidation sites excluding steroid dienone is 1. The Bertz CT molecular complexity index is 606. The van der Waals surface area contributed by atoms with E-state index in [-0.39, 0.29) is 0 Å². The van der Waals surface area contributed by atoms with Crippen LogP contribution in [0.4, 0.5) is 0 Å². The molecule has 19 heavy (non-hydrogen) atoms. The summed E-state index contributed by atoms with van der Waals surface area (Å²) >= 11 is 0. The van der Waals surface area contributed by atoms with Gasteiger partial charge in [-0.3, -0.25) is 0 Å². The second-order valence-corrected chi connectivity index (χ2v) is 6.05. The lowest BCUT2D eigenvalue weighted by Gasteiger charge is -2.13. The van der Waals surface area contributed by atoms with Crippen LogP contribution in [0.25, 0.3) is 6.08 Å². The maximum Gasteiger partial charge on any atom is 0.403 e. The van der Waals surface area contributed by atoms with Crippen molar-refractivity contribution in [3.05, 3.63) is 71.5 Å². The first-order valence-electron chi connectivity index (χ1n) is 5.89. The molecule has 0 radical (unpaired) electrons. The Hall–Kier alpha value is -1.83. The topological polar surface area (TPSA) is 46.5 Å². The molecule has 0 amide bonds. The smallest absolute Gasteiger partial charge is 0.403 e. The lowest BCUT2D eigenvalue weighted by molar-refractivity contribution is 0.389. The highest BCUT2D eigenvalue weighted by atomic mass is 31.2. The minimum absolute atomic E-state index is 0.308. The van der Waals surface area contributed by atoms with E-state index in [0.717, 1.165) is 5.56 Å². The molecule has 1 N–H and O–H groups in total. The lowest BCUT2D eigenvalue weighted by atomic mass is 10.2. The van der Waals surface area contributed by atoms with Crippen LogP contribution in [0.15, 0.2) is 66.0 Å². The maximum atomic E-state index is 12.2. The number of hydrogen-bond donors (Lipinski definition) is 1. The van der Waals surface area contributed by atoms with Gasteiger partial charge >= 0.3 is 7.60 Å². The van der Waals surface area contributed by atoms with Gasteiger partial charge in [0, 0.05) is 0 Å². The van der Waals surface area contributed by atoms with Gasteiger partial charge in [-0.15, -0.1) is 0 Å². The summed E-state index contributed by atoms with van der Waals surface area (Å²) < 4.78 is 17.3.